The molecule has 0 rings (SSSR count). The molecule has 0 aromatic carbocycles. The van der Waals surface area contributed by atoms with Gasteiger partial charge in [0, 0.05) is 0 Å². The summed E-state index contributed by atoms with van der Waals surface area (Å²) in [7, 11) is 0. The minimum absolute atomic E-state index is 0.374. The number of amides is 1. The van der Waals surface area contributed by atoms with Crippen LogP contribution in [0.3, 0.4) is 0 Å². The van der Waals surface area contributed by atoms with Crippen LogP contribution in [0.5, 0.6) is 0 Å². The Morgan fingerprint density at radius 3 is 1.45 bits per heavy atom. The lowest BCUT2D eigenvalue weighted by atomic mass is 10.0. The van der Waals surface area contributed by atoms with Gasteiger partial charge in [0.25, 0.3) is 0 Å². The number of rotatable bonds is 32. The second-order valence-electron chi connectivity index (χ2n) is 12.4. The summed E-state index contributed by atoms with van der Waals surface area (Å²) in [6.45, 7) is 4.14. The minimum Gasteiger partial charge on any atom is -0.394 e. The topological polar surface area (TPSA) is 89.8 Å². The van der Waals surface area contributed by atoms with Gasteiger partial charge >= 0.3 is 0 Å². The maximum atomic E-state index is 12.4. The van der Waals surface area contributed by atoms with Crippen molar-refractivity contribution in [1.29, 1.82) is 0 Å². The van der Waals surface area contributed by atoms with E-state index < -0.39 is 24.2 Å². The van der Waals surface area contributed by atoms with E-state index in [1.807, 2.05) is 6.08 Å². The molecule has 0 heterocycles. The summed E-state index contributed by atoms with van der Waals surface area (Å²) in [5.41, 5.74) is 0. The second kappa shape index (κ2) is 32.7. The van der Waals surface area contributed by atoms with Gasteiger partial charge in [0.15, 0.2) is 0 Å². The molecule has 3 unspecified atom stereocenters. The molecule has 0 aromatic rings. The molecule has 5 heteroatoms. The van der Waals surface area contributed by atoms with E-state index in [1.165, 1.54) is 122 Å². The average Bonchev–Trinajstić information content (AvgIpc) is 2.99. The van der Waals surface area contributed by atoms with Crippen molar-refractivity contribution in [3.05, 3.63) is 24.3 Å². The van der Waals surface area contributed by atoms with Gasteiger partial charge in [-0.05, 0) is 32.1 Å². The van der Waals surface area contributed by atoms with Crippen molar-refractivity contribution in [3.63, 3.8) is 0 Å². The quantitative estimate of drug-likeness (QED) is 0.0462. The molecule has 0 radical (unpaired) electrons. The highest BCUT2D eigenvalue weighted by Crippen LogP contribution is 2.15. The normalized spacial score (nSPS) is 14.1. The first-order valence-electron chi connectivity index (χ1n) is 18.2. The molecule has 0 bridgehead atoms. The number of nitrogens with one attached hydrogen (secondary N) is 1. The molecular formula is C37H71NO4. The van der Waals surface area contributed by atoms with Crippen LogP contribution in [0.15, 0.2) is 24.3 Å². The summed E-state index contributed by atoms with van der Waals surface area (Å²) in [6.07, 6.45) is 37.6. The van der Waals surface area contributed by atoms with Crippen molar-refractivity contribution in [2.24, 2.45) is 0 Å². The average molecular weight is 594 g/mol. The molecule has 1 amide bonds. The Balaban J connectivity index is 3.76. The summed E-state index contributed by atoms with van der Waals surface area (Å²) in [5.74, 6) is -0.514. The lowest BCUT2D eigenvalue weighted by molar-refractivity contribution is -0.131. The number of aliphatic hydroxyl groups is 3. The van der Waals surface area contributed by atoms with Crippen LogP contribution in [0.25, 0.3) is 0 Å². The minimum atomic E-state index is -1.10. The van der Waals surface area contributed by atoms with Gasteiger partial charge in [0.05, 0.1) is 18.8 Å². The number of hydrogen-bond donors (Lipinski definition) is 4. The van der Waals surface area contributed by atoms with Crippen LogP contribution < -0.4 is 5.32 Å². The van der Waals surface area contributed by atoms with E-state index in [0.717, 1.165) is 38.5 Å². The molecule has 0 saturated carbocycles. The van der Waals surface area contributed by atoms with E-state index in [-0.39, 0.29) is 6.61 Å². The molecule has 0 aromatic heterocycles. The zero-order chi connectivity index (χ0) is 30.9. The molecule has 0 aliphatic rings. The predicted octanol–water partition coefficient (Wildman–Crippen LogP) is 9.48. The van der Waals surface area contributed by atoms with E-state index in [9.17, 15) is 20.1 Å². The lowest BCUT2D eigenvalue weighted by Gasteiger charge is -2.21. The number of carbonyl (C=O) groups is 1. The van der Waals surface area contributed by atoms with Crippen molar-refractivity contribution in [2.75, 3.05) is 6.61 Å². The Hall–Kier alpha value is -1.17. The van der Waals surface area contributed by atoms with Crippen LogP contribution in [0.2, 0.25) is 0 Å². The predicted molar refractivity (Wildman–Crippen MR) is 181 cm³/mol. The molecule has 5 nitrogen and oxygen atoms in total. The second-order valence-corrected chi connectivity index (χ2v) is 12.4. The summed E-state index contributed by atoms with van der Waals surface area (Å²) in [6, 6.07) is -0.808. The van der Waals surface area contributed by atoms with Crippen molar-refractivity contribution in [2.45, 2.75) is 199 Å². The Morgan fingerprint density at radius 2 is 0.976 bits per heavy atom. The van der Waals surface area contributed by atoms with Crippen molar-refractivity contribution in [3.8, 4) is 0 Å². The first-order chi connectivity index (χ1) is 20.6. The summed E-state index contributed by atoms with van der Waals surface area (Å²) >= 11 is 0. The molecule has 0 aliphatic carbocycles. The Bertz CT molecular complexity index is 621. The van der Waals surface area contributed by atoms with E-state index >= 15 is 0 Å². The fraction of sp³-hybridized carbons (Fsp3) is 0.865. The van der Waals surface area contributed by atoms with Crippen LogP contribution in [-0.4, -0.2) is 46.1 Å². The summed E-state index contributed by atoms with van der Waals surface area (Å²) in [4.78, 5) is 12.4. The molecule has 0 saturated heterocycles. The third-order valence-corrected chi connectivity index (χ3v) is 8.29. The first kappa shape index (κ1) is 40.8. The van der Waals surface area contributed by atoms with E-state index in [0.29, 0.717) is 6.42 Å². The molecule has 0 spiro atoms. The maximum Gasteiger partial charge on any atom is 0.249 e. The number of aliphatic hydroxyl groups excluding tert-OH is 3. The number of unbranched alkanes of at least 4 members (excludes halogenated alkanes) is 22. The maximum absolute atomic E-state index is 12.4. The Morgan fingerprint density at radius 1 is 0.571 bits per heavy atom. The SMILES string of the molecule is CCCCCCCC/C=C/CC/C=C/C(O)C(CO)NC(=O)C(O)CCCCCCCCCCCCCCCCCC. The van der Waals surface area contributed by atoms with Gasteiger partial charge in [-0.2, -0.15) is 0 Å². The van der Waals surface area contributed by atoms with Crippen molar-refractivity contribution in [1.82, 2.24) is 5.32 Å². The molecule has 248 valence electrons. The van der Waals surface area contributed by atoms with Crippen LogP contribution in [-0.2, 0) is 4.79 Å². The van der Waals surface area contributed by atoms with E-state index in [4.69, 9.17) is 0 Å². The van der Waals surface area contributed by atoms with Crippen LogP contribution in [0.1, 0.15) is 181 Å². The van der Waals surface area contributed by atoms with Crippen LogP contribution in [0.4, 0.5) is 0 Å². The Kier molecular flexibility index (Phi) is 31.8. The molecule has 0 fully saturated rings. The lowest BCUT2D eigenvalue weighted by Crippen LogP contribution is -2.48. The third kappa shape index (κ3) is 27.7. The number of allylic oxidation sites excluding steroid dienone is 3. The highest BCUT2D eigenvalue weighted by molar-refractivity contribution is 5.80. The monoisotopic (exact) mass is 594 g/mol. The van der Waals surface area contributed by atoms with E-state index in [1.54, 1.807) is 6.08 Å². The molecule has 4 N–H and O–H groups in total. The third-order valence-electron chi connectivity index (χ3n) is 8.29. The summed E-state index contributed by atoms with van der Waals surface area (Å²) < 4.78 is 0. The molecule has 42 heavy (non-hydrogen) atoms. The van der Waals surface area contributed by atoms with Crippen molar-refractivity contribution >= 4 is 5.91 Å². The molecule has 3 atom stereocenters. The van der Waals surface area contributed by atoms with Gasteiger partial charge in [-0.25, -0.2) is 0 Å². The van der Waals surface area contributed by atoms with Gasteiger partial charge in [-0.1, -0.05) is 173 Å². The molecular weight excluding hydrogens is 522 g/mol. The Labute approximate surface area is 261 Å². The van der Waals surface area contributed by atoms with Gasteiger partial charge in [-0.15, -0.1) is 0 Å². The van der Waals surface area contributed by atoms with Gasteiger partial charge in [0.1, 0.15) is 6.10 Å². The largest absolute Gasteiger partial charge is 0.394 e. The molecule has 0 aliphatic heterocycles. The smallest absolute Gasteiger partial charge is 0.249 e. The highest BCUT2D eigenvalue weighted by atomic mass is 16.3. The first-order valence-corrected chi connectivity index (χ1v) is 18.2. The summed E-state index contributed by atoms with van der Waals surface area (Å²) in [5, 5.41) is 32.9. The fourth-order valence-corrected chi connectivity index (χ4v) is 5.38. The van der Waals surface area contributed by atoms with Gasteiger partial charge in [-0.3, -0.25) is 4.79 Å². The fourth-order valence-electron chi connectivity index (χ4n) is 5.38. The standard InChI is InChI=1S/C37H71NO4/c1-3-5-7-9-11-13-15-17-18-19-20-22-24-26-28-30-32-36(41)37(42)38-34(33-39)35(40)31-29-27-25-23-21-16-14-12-10-8-6-4-2/h21,23,29,31,34-36,39-41H,3-20,22,24-28,30,32-33H2,1-2H3,(H,38,42)/b23-21+,31-29+. The van der Waals surface area contributed by atoms with Crippen molar-refractivity contribution < 1.29 is 20.1 Å². The van der Waals surface area contributed by atoms with Crippen LogP contribution >= 0.6 is 0 Å². The van der Waals surface area contributed by atoms with Crippen LogP contribution in [0, 0.1) is 0 Å². The zero-order valence-corrected chi connectivity index (χ0v) is 27.9. The number of hydrogen-bond acceptors (Lipinski definition) is 4. The van der Waals surface area contributed by atoms with E-state index in [2.05, 4.69) is 31.3 Å². The number of carbonyl (C=O) groups excluding carboxylic acids is 1. The van der Waals surface area contributed by atoms with Gasteiger partial charge < -0.3 is 20.6 Å². The van der Waals surface area contributed by atoms with Gasteiger partial charge in [0.2, 0.25) is 5.91 Å². The highest BCUT2D eigenvalue weighted by Gasteiger charge is 2.22. The zero-order valence-electron chi connectivity index (χ0n) is 27.9.